The van der Waals surface area contributed by atoms with Crippen LogP contribution in [-0.4, -0.2) is 24.5 Å². The number of aromatic nitrogens is 1. The van der Waals surface area contributed by atoms with Gasteiger partial charge in [0.25, 0.3) is 10.1 Å². The Labute approximate surface area is 164 Å². The number of rotatable bonds is 5. The third-order valence-electron chi connectivity index (χ3n) is 4.86. The average Bonchev–Trinajstić information content (AvgIpc) is 2.67. The van der Waals surface area contributed by atoms with Gasteiger partial charge in [0.2, 0.25) is 0 Å². The van der Waals surface area contributed by atoms with Crippen LogP contribution >= 0.6 is 0 Å². The molecule has 0 spiro atoms. The van der Waals surface area contributed by atoms with Crippen LogP contribution in [0.2, 0.25) is 0 Å². The zero-order chi connectivity index (χ0) is 19.7. The number of benzene rings is 2. The molecule has 4 rings (SSSR count). The number of hydrogen-bond donors (Lipinski definition) is 1. The Balaban J connectivity index is 1.70. The zero-order valence-electron chi connectivity index (χ0n) is 15.3. The summed E-state index contributed by atoms with van der Waals surface area (Å²) in [5.41, 5.74) is 2.81. The number of anilines is 2. The fraction of sp³-hybridized carbons (Fsp3) is 0.190. The molecule has 6 nitrogen and oxygen atoms in total. The number of ether oxygens (including phenoxy) is 1. The molecule has 7 heteroatoms. The molecule has 28 heavy (non-hydrogen) atoms. The second-order valence-corrected chi connectivity index (χ2v) is 8.29. The van der Waals surface area contributed by atoms with E-state index in [0.717, 1.165) is 16.9 Å². The fourth-order valence-electron chi connectivity index (χ4n) is 3.53. The highest BCUT2D eigenvalue weighted by Gasteiger charge is 2.30. The summed E-state index contributed by atoms with van der Waals surface area (Å²) in [7, 11) is -4.32. The molecule has 1 aromatic heterocycles. The van der Waals surface area contributed by atoms with Crippen molar-refractivity contribution in [3.8, 4) is 11.5 Å². The minimum atomic E-state index is -4.32. The summed E-state index contributed by atoms with van der Waals surface area (Å²) in [6, 6.07) is 18.8. The van der Waals surface area contributed by atoms with Gasteiger partial charge in [-0.1, -0.05) is 30.3 Å². The van der Waals surface area contributed by atoms with Gasteiger partial charge in [0.15, 0.2) is 11.5 Å². The quantitative estimate of drug-likeness (QED) is 0.632. The van der Waals surface area contributed by atoms with Crippen LogP contribution in [0, 0.1) is 6.92 Å². The minimum absolute atomic E-state index is 0.180. The van der Waals surface area contributed by atoms with Crippen molar-refractivity contribution in [3.63, 3.8) is 0 Å². The molecule has 0 fully saturated rings. The fourth-order valence-corrected chi connectivity index (χ4v) is 4.46. The van der Waals surface area contributed by atoms with Gasteiger partial charge in [0.05, 0.1) is 17.1 Å². The predicted octanol–water partition coefficient (Wildman–Crippen LogP) is 4.65. The Hall–Kier alpha value is -2.90. The van der Waals surface area contributed by atoms with E-state index in [4.69, 9.17) is 4.74 Å². The van der Waals surface area contributed by atoms with E-state index in [0.29, 0.717) is 23.7 Å². The Bertz CT molecular complexity index is 1070. The molecule has 144 valence electrons. The second-order valence-electron chi connectivity index (χ2n) is 6.69. The molecule has 0 amide bonds. The molecule has 1 unspecified atom stereocenters. The highest BCUT2D eigenvalue weighted by atomic mass is 32.2. The van der Waals surface area contributed by atoms with Crippen LogP contribution in [0.1, 0.15) is 22.9 Å². The summed E-state index contributed by atoms with van der Waals surface area (Å²) < 4.78 is 40.1. The first-order valence-electron chi connectivity index (χ1n) is 8.96. The van der Waals surface area contributed by atoms with Crippen molar-refractivity contribution >= 4 is 21.5 Å². The second kappa shape index (κ2) is 7.26. The lowest BCUT2D eigenvalue weighted by Crippen LogP contribution is -2.26. The minimum Gasteiger partial charge on any atom is -0.453 e. The number of nitrogens with zero attached hydrogens (tertiary/aromatic N) is 2. The Morgan fingerprint density at radius 1 is 1.00 bits per heavy atom. The van der Waals surface area contributed by atoms with E-state index in [2.05, 4.69) is 4.98 Å². The van der Waals surface area contributed by atoms with Crippen molar-refractivity contribution in [1.82, 2.24) is 4.98 Å². The third kappa shape index (κ3) is 3.46. The lowest BCUT2D eigenvalue weighted by molar-refractivity contribution is 0.459. The lowest BCUT2D eigenvalue weighted by Gasteiger charge is -2.33. The smallest absolute Gasteiger partial charge is 0.273 e. The van der Waals surface area contributed by atoms with Crippen LogP contribution in [-0.2, 0) is 10.1 Å². The molecule has 1 aliphatic heterocycles. The first kappa shape index (κ1) is 18.5. The van der Waals surface area contributed by atoms with Gasteiger partial charge in [-0.25, -0.2) is 0 Å². The van der Waals surface area contributed by atoms with Crippen LogP contribution in [0.3, 0.4) is 0 Å². The summed E-state index contributed by atoms with van der Waals surface area (Å²) in [5.74, 6) is 1.41. The maximum Gasteiger partial charge on any atom is 0.273 e. The molecule has 0 aliphatic carbocycles. The van der Waals surface area contributed by atoms with E-state index in [1.807, 2.05) is 53.4 Å². The van der Waals surface area contributed by atoms with E-state index in [-0.39, 0.29) is 6.42 Å². The average molecular weight is 396 g/mol. The van der Waals surface area contributed by atoms with Gasteiger partial charge < -0.3 is 9.64 Å². The first-order valence-corrected chi connectivity index (χ1v) is 10.5. The van der Waals surface area contributed by atoms with E-state index in [1.165, 1.54) is 0 Å². The number of para-hydroxylation sites is 4. The van der Waals surface area contributed by atoms with E-state index in [1.54, 1.807) is 25.3 Å². The van der Waals surface area contributed by atoms with E-state index >= 15 is 0 Å². The van der Waals surface area contributed by atoms with Crippen molar-refractivity contribution in [1.29, 1.82) is 0 Å². The number of hydrogen-bond acceptors (Lipinski definition) is 5. The molecule has 2 aromatic carbocycles. The van der Waals surface area contributed by atoms with Gasteiger partial charge in [0.1, 0.15) is 5.25 Å². The highest BCUT2D eigenvalue weighted by Crippen LogP contribution is 2.46. The van der Waals surface area contributed by atoms with Gasteiger partial charge in [-0.15, -0.1) is 0 Å². The molecule has 0 bridgehead atoms. The largest absolute Gasteiger partial charge is 0.453 e. The lowest BCUT2D eigenvalue weighted by atomic mass is 10.1. The normalized spacial score (nSPS) is 14.0. The molecule has 1 aliphatic rings. The van der Waals surface area contributed by atoms with Crippen molar-refractivity contribution in [2.24, 2.45) is 0 Å². The van der Waals surface area contributed by atoms with Crippen LogP contribution < -0.4 is 9.64 Å². The summed E-state index contributed by atoms with van der Waals surface area (Å²) in [4.78, 5) is 6.23. The molecular formula is C21H20N2O4S. The van der Waals surface area contributed by atoms with E-state index < -0.39 is 15.4 Å². The highest BCUT2D eigenvalue weighted by molar-refractivity contribution is 7.86. The van der Waals surface area contributed by atoms with E-state index in [9.17, 15) is 13.0 Å². The Kier molecular flexibility index (Phi) is 4.78. The van der Waals surface area contributed by atoms with Crippen LogP contribution in [0.4, 0.5) is 11.4 Å². The SMILES string of the molecule is Cc1cccnc1C(CCN1c2ccccc2Oc2ccccc21)S(=O)(=O)O. The third-order valence-corrected chi connectivity index (χ3v) is 6.04. The Morgan fingerprint density at radius 2 is 1.61 bits per heavy atom. The number of aryl methyl sites for hydroxylation is 1. The van der Waals surface area contributed by atoms with Crippen LogP contribution in [0.5, 0.6) is 11.5 Å². The monoisotopic (exact) mass is 396 g/mol. The topological polar surface area (TPSA) is 79.7 Å². The Morgan fingerprint density at radius 3 is 2.18 bits per heavy atom. The van der Waals surface area contributed by atoms with Gasteiger partial charge in [-0.2, -0.15) is 8.42 Å². The summed E-state index contributed by atoms with van der Waals surface area (Å²) >= 11 is 0. The number of fused-ring (bicyclic) bond motifs is 2. The van der Waals surface area contributed by atoms with Gasteiger partial charge in [-0.3, -0.25) is 9.54 Å². The molecule has 0 saturated heterocycles. The first-order chi connectivity index (χ1) is 13.4. The van der Waals surface area contributed by atoms with Crippen LogP contribution in [0.25, 0.3) is 0 Å². The standard InChI is InChI=1S/C21H20N2O4S/c1-15-7-6-13-22-21(15)20(28(24,25)26)12-14-23-16-8-2-4-10-18(16)27-19-11-5-3-9-17(19)23/h2-11,13,20H,12,14H2,1H3,(H,24,25,26). The predicted molar refractivity (Wildman–Crippen MR) is 108 cm³/mol. The van der Waals surface area contributed by atoms with Crippen molar-refractivity contribution in [3.05, 3.63) is 78.1 Å². The molecule has 2 heterocycles. The summed E-state index contributed by atoms with van der Waals surface area (Å²) in [5, 5.41) is -1.10. The van der Waals surface area contributed by atoms with Gasteiger partial charge >= 0.3 is 0 Å². The molecule has 1 N–H and O–H groups in total. The van der Waals surface area contributed by atoms with Crippen LogP contribution in [0.15, 0.2) is 66.9 Å². The molecular weight excluding hydrogens is 376 g/mol. The zero-order valence-corrected chi connectivity index (χ0v) is 16.1. The van der Waals surface area contributed by atoms with Gasteiger partial charge in [-0.05, 0) is 49.2 Å². The number of pyridine rings is 1. The summed E-state index contributed by atoms with van der Waals surface area (Å²) in [6.45, 7) is 2.16. The van der Waals surface area contributed by atoms with Crippen molar-refractivity contribution in [2.45, 2.75) is 18.6 Å². The van der Waals surface area contributed by atoms with Crippen molar-refractivity contribution in [2.75, 3.05) is 11.4 Å². The molecule has 0 radical (unpaired) electrons. The maximum absolute atomic E-state index is 12.1. The maximum atomic E-state index is 12.1. The molecule has 1 atom stereocenters. The molecule has 0 saturated carbocycles. The molecule has 3 aromatic rings. The summed E-state index contributed by atoms with van der Waals surface area (Å²) in [6.07, 6.45) is 1.72. The van der Waals surface area contributed by atoms with Gasteiger partial charge in [0, 0.05) is 12.7 Å². The van der Waals surface area contributed by atoms with Crippen molar-refractivity contribution < 1.29 is 17.7 Å².